The van der Waals surface area contributed by atoms with Crippen molar-refractivity contribution in [1.82, 2.24) is 19.9 Å². The minimum atomic E-state index is -4.50. The Morgan fingerprint density at radius 3 is 2.81 bits per heavy atom. The molecule has 0 aliphatic rings. The van der Waals surface area contributed by atoms with Gasteiger partial charge in [0.25, 0.3) is 5.91 Å². The van der Waals surface area contributed by atoms with E-state index in [1.165, 1.54) is 24.5 Å². The van der Waals surface area contributed by atoms with Gasteiger partial charge in [-0.2, -0.15) is 13.2 Å². The summed E-state index contributed by atoms with van der Waals surface area (Å²) in [6.45, 7) is 1.54. The molecule has 0 aliphatic heterocycles. The van der Waals surface area contributed by atoms with Crippen LogP contribution >= 0.6 is 0 Å². The summed E-state index contributed by atoms with van der Waals surface area (Å²) in [7, 11) is 0. The van der Waals surface area contributed by atoms with Crippen LogP contribution in [0, 0.1) is 0 Å². The predicted octanol–water partition coefficient (Wildman–Crippen LogP) is 2.95. The minimum absolute atomic E-state index is 0.103. The smallest absolute Gasteiger partial charge is 0.419 e. The molecule has 1 N–H and O–H groups in total. The number of nitrogens with one attached hydrogen (secondary N) is 1. The van der Waals surface area contributed by atoms with Crippen LogP contribution in [0.2, 0.25) is 0 Å². The molecular formula is C17H15F3N4O2. The molecule has 1 unspecified atom stereocenters. The first-order valence-electron chi connectivity index (χ1n) is 7.74. The number of hydrogen-bond acceptors (Lipinski definition) is 4. The fourth-order valence-corrected chi connectivity index (χ4v) is 2.35. The molecular weight excluding hydrogens is 349 g/mol. The van der Waals surface area contributed by atoms with E-state index in [0.717, 1.165) is 6.07 Å². The molecule has 1 atom stereocenters. The number of alkyl halides is 3. The van der Waals surface area contributed by atoms with Crippen LogP contribution in [0.15, 0.2) is 48.9 Å². The highest BCUT2D eigenvalue weighted by molar-refractivity contribution is 5.94. The van der Waals surface area contributed by atoms with E-state index >= 15 is 0 Å². The number of aromatic nitrogens is 3. The summed E-state index contributed by atoms with van der Waals surface area (Å²) in [6.07, 6.45) is -1.47. The van der Waals surface area contributed by atoms with E-state index in [2.05, 4.69) is 15.5 Å². The zero-order chi connectivity index (χ0) is 18.7. The van der Waals surface area contributed by atoms with Gasteiger partial charge < -0.3 is 10.1 Å². The summed E-state index contributed by atoms with van der Waals surface area (Å²) in [6, 6.07) is 7.68. The molecule has 3 rings (SSSR count). The van der Waals surface area contributed by atoms with Gasteiger partial charge in [0.15, 0.2) is 5.65 Å². The van der Waals surface area contributed by atoms with Crippen LogP contribution in [-0.2, 0) is 6.18 Å². The number of benzene rings is 1. The van der Waals surface area contributed by atoms with Gasteiger partial charge in [-0.15, -0.1) is 10.2 Å². The Morgan fingerprint density at radius 1 is 1.27 bits per heavy atom. The van der Waals surface area contributed by atoms with Crippen molar-refractivity contribution in [2.24, 2.45) is 0 Å². The van der Waals surface area contributed by atoms with E-state index in [9.17, 15) is 18.0 Å². The topological polar surface area (TPSA) is 68.5 Å². The standard InChI is InChI=1S/C17H15F3N4O2/c1-11(9-26-14-5-3-2-4-13(14)17(18,19)20)22-16(25)12-6-7-15-23-21-10-24(15)8-12/h2-8,10-11H,9H2,1H3,(H,22,25). The molecule has 1 amide bonds. The third kappa shape index (κ3) is 3.93. The van der Waals surface area contributed by atoms with Crippen LogP contribution in [0.3, 0.4) is 0 Å². The maximum atomic E-state index is 12.9. The van der Waals surface area contributed by atoms with E-state index in [1.54, 1.807) is 29.7 Å². The quantitative estimate of drug-likeness (QED) is 0.756. The van der Waals surface area contributed by atoms with Gasteiger partial charge >= 0.3 is 6.18 Å². The van der Waals surface area contributed by atoms with Crippen molar-refractivity contribution >= 4 is 11.6 Å². The molecule has 26 heavy (non-hydrogen) atoms. The fraction of sp³-hybridized carbons (Fsp3) is 0.235. The number of nitrogens with zero attached hydrogens (tertiary/aromatic N) is 3. The number of ether oxygens (including phenoxy) is 1. The molecule has 0 spiro atoms. The highest BCUT2D eigenvalue weighted by atomic mass is 19.4. The number of carbonyl (C=O) groups is 1. The van der Waals surface area contributed by atoms with E-state index < -0.39 is 17.8 Å². The second kappa shape index (κ2) is 7.03. The number of rotatable bonds is 5. The van der Waals surface area contributed by atoms with Gasteiger partial charge in [-0.25, -0.2) is 0 Å². The lowest BCUT2D eigenvalue weighted by Crippen LogP contribution is -2.37. The van der Waals surface area contributed by atoms with Crippen molar-refractivity contribution in [3.63, 3.8) is 0 Å². The molecule has 0 aliphatic carbocycles. The Hall–Kier alpha value is -3.10. The maximum absolute atomic E-state index is 12.9. The minimum Gasteiger partial charge on any atom is -0.491 e. The fourth-order valence-electron chi connectivity index (χ4n) is 2.35. The summed E-state index contributed by atoms with van der Waals surface area (Å²) in [5.74, 6) is -0.646. The van der Waals surface area contributed by atoms with Crippen molar-refractivity contribution in [2.45, 2.75) is 19.1 Å². The van der Waals surface area contributed by atoms with Crippen LogP contribution < -0.4 is 10.1 Å². The molecule has 0 radical (unpaired) electrons. The predicted molar refractivity (Wildman–Crippen MR) is 86.9 cm³/mol. The third-order valence-electron chi connectivity index (χ3n) is 3.61. The first-order chi connectivity index (χ1) is 12.3. The Balaban J connectivity index is 1.62. The lowest BCUT2D eigenvalue weighted by atomic mass is 10.2. The molecule has 0 saturated carbocycles. The molecule has 0 saturated heterocycles. The van der Waals surface area contributed by atoms with Crippen LogP contribution in [0.1, 0.15) is 22.8 Å². The maximum Gasteiger partial charge on any atom is 0.419 e. The number of carbonyl (C=O) groups excluding carboxylic acids is 1. The van der Waals surface area contributed by atoms with Gasteiger partial charge in [0.2, 0.25) is 0 Å². The SMILES string of the molecule is CC(COc1ccccc1C(F)(F)F)NC(=O)c1ccc2nncn2c1. The molecule has 136 valence electrons. The molecule has 2 aromatic heterocycles. The Morgan fingerprint density at radius 2 is 2.04 bits per heavy atom. The Kier molecular flexibility index (Phi) is 4.79. The zero-order valence-electron chi connectivity index (χ0n) is 13.7. The largest absolute Gasteiger partial charge is 0.491 e. The summed E-state index contributed by atoms with van der Waals surface area (Å²) < 4.78 is 45.7. The number of amides is 1. The highest BCUT2D eigenvalue weighted by Gasteiger charge is 2.34. The Bertz CT molecular complexity index is 924. The molecule has 2 heterocycles. The van der Waals surface area contributed by atoms with Gasteiger partial charge in [-0.1, -0.05) is 12.1 Å². The van der Waals surface area contributed by atoms with Crippen molar-refractivity contribution in [2.75, 3.05) is 6.61 Å². The lowest BCUT2D eigenvalue weighted by molar-refractivity contribution is -0.139. The second-order valence-electron chi connectivity index (χ2n) is 5.69. The number of pyridine rings is 1. The zero-order valence-corrected chi connectivity index (χ0v) is 13.7. The molecule has 0 bridgehead atoms. The van der Waals surface area contributed by atoms with E-state index in [0.29, 0.717) is 11.2 Å². The van der Waals surface area contributed by atoms with Crippen molar-refractivity contribution in [3.05, 3.63) is 60.0 Å². The van der Waals surface area contributed by atoms with Gasteiger partial charge in [0.1, 0.15) is 18.7 Å². The van der Waals surface area contributed by atoms with Crippen molar-refractivity contribution in [1.29, 1.82) is 0 Å². The average molecular weight is 364 g/mol. The number of halogens is 3. The molecule has 0 fully saturated rings. The average Bonchev–Trinajstić information content (AvgIpc) is 3.07. The van der Waals surface area contributed by atoms with Crippen LogP contribution in [0.5, 0.6) is 5.75 Å². The van der Waals surface area contributed by atoms with Crippen LogP contribution in [-0.4, -0.2) is 33.2 Å². The van der Waals surface area contributed by atoms with E-state index in [1.807, 2.05) is 0 Å². The lowest BCUT2D eigenvalue weighted by Gasteiger charge is -2.18. The first-order valence-corrected chi connectivity index (χ1v) is 7.74. The van der Waals surface area contributed by atoms with Crippen LogP contribution in [0.25, 0.3) is 5.65 Å². The Labute approximate surface area is 146 Å². The van der Waals surface area contributed by atoms with Gasteiger partial charge in [-0.05, 0) is 31.2 Å². The van der Waals surface area contributed by atoms with Gasteiger partial charge in [-0.3, -0.25) is 9.20 Å². The molecule has 9 heteroatoms. The second-order valence-corrected chi connectivity index (χ2v) is 5.69. The summed E-state index contributed by atoms with van der Waals surface area (Å²) in [4.78, 5) is 12.3. The number of para-hydroxylation sites is 1. The van der Waals surface area contributed by atoms with Gasteiger partial charge in [0, 0.05) is 6.20 Å². The third-order valence-corrected chi connectivity index (χ3v) is 3.61. The van der Waals surface area contributed by atoms with E-state index in [-0.39, 0.29) is 18.3 Å². The monoisotopic (exact) mass is 364 g/mol. The summed E-state index contributed by atoms with van der Waals surface area (Å²) in [5, 5.41) is 10.2. The van der Waals surface area contributed by atoms with Crippen LogP contribution in [0.4, 0.5) is 13.2 Å². The number of fused-ring (bicyclic) bond motifs is 1. The molecule has 3 aromatic rings. The van der Waals surface area contributed by atoms with E-state index in [4.69, 9.17) is 4.74 Å². The highest BCUT2D eigenvalue weighted by Crippen LogP contribution is 2.35. The number of hydrogen-bond donors (Lipinski definition) is 1. The first kappa shape index (κ1) is 17.7. The summed E-state index contributed by atoms with van der Waals surface area (Å²) in [5.41, 5.74) is 0.123. The molecule has 6 nitrogen and oxygen atoms in total. The van der Waals surface area contributed by atoms with Crippen molar-refractivity contribution in [3.8, 4) is 5.75 Å². The summed E-state index contributed by atoms with van der Waals surface area (Å²) >= 11 is 0. The molecule has 1 aromatic carbocycles. The van der Waals surface area contributed by atoms with Crippen molar-refractivity contribution < 1.29 is 22.7 Å². The normalized spacial score (nSPS) is 12.8. The van der Waals surface area contributed by atoms with Gasteiger partial charge in [0.05, 0.1) is 17.2 Å².